The average Bonchev–Trinajstić information content (AvgIpc) is 3.79. The van der Waals surface area contributed by atoms with Crippen LogP contribution in [-0.4, -0.2) is 15.0 Å². The van der Waals surface area contributed by atoms with Gasteiger partial charge in [-0.3, -0.25) is 0 Å². The maximum atomic E-state index is 6.49. The van der Waals surface area contributed by atoms with Crippen LogP contribution in [0, 0.1) is 0 Å². The van der Waals surface area contributed by atoms with E-state index in [1.807, 2.05) is 30.3 Å². The van der Waals surface area contributed by atoms with Crippen LogP contribution in [0.3, 0.4) is 0 Å². The highest BCUT2D eigenvalue weighted by molar-refractivity contribution is 6.14. The molecule has 0 N–H and O–H groups in total. The predicted octanol–water partition coefficient (Wildman–Crippen LogP) is 12.6. The Morgan fingerprint density at radius 1 is 0.385 bits per heavy atom. The molecule has 3 heterocycles. The lowest BCUT2D eigenvalue weighted by Gasteiger charge is -2.17. The number of rotatable bonds is 4. The van der Waals surface area contributed by atoms with E-state index in [2.05, 4.69) is 121 Å². The second-order valence-electron chi connectivity index (χ2n) is 13.4. The summed E-state index contributed by atoms with van der Waals surface area (Å²) in [6, 6.07) is 48.2. The fourth-order valence-corrected chi connectivity index (χ4v) is 8.01. The first-order chi connectivity index (χ1) is 25.8. The van der Waals surface area contributed by atoms with Crippen molar-refractivity contribution in [3.63, 3.8) is 0 Å². The normalized spacial score (nSPS) is 13.5. The van der Waals surface area contributed by atoms with Crippen LogP contribution in [0.4, 0.5) is 0 Å². The average molecular weight is 668 g/mol. The van der Waals surface area contributed by atoms with Crippen LogP contribution in [0.15, 0.2) is 161 Å². The molecule has 0 saturated carbocycles. The third kappa shape index (κ3) is 4.46. The van der Waals surface area contributed by atoms with E-state index in [-0.39, 0.29) is 0 Å². The maximum Gasteiger partial charge on any atom is 0.167 e. The van der Waals surface area contributed by atoms with Crippen LogP contribution in [0.1, 0.15) is 24.2 Å². The van der Waals surface area contributed by atoms with Gasteiger partial charge in [0.2, 0.25) is 0 Å². The van der Waals surface area contributed by atoms with Gasteiger partial charge in [-0.1, -0.05) is 121 Å². The molecule has 0 atom stereocenters. The van der Waals surface area contributed by atoms with Crippen molar-refractivity contribution in [2.24, 2.45) is 0 Å². The highest BCUT2D eigenvalue weighted by Gasteiger charge is 2.22. The lowest BCUT2D eigenvalue weighted by Crippen LogP contribution is -2.05. The Labute approximate surface area is 298 Å². The van der Waals surface area contributed by atoms with Gasteiger partial charge in [-0.05, 0) is 81.4 Å². The van der Waals surface area contributed by atoms with Crippen molar-refractivity contribution in [2.45, 2.75) is 12.8 Å². The second kappa shape index (κ2) is 11.3. The smallest absolute Gasteiger partial charge is 0.167 e. The van der Waals surface area contributed by atoms with Crippen molar-refractivity contribution in [1.29, 1.82) is 0 Å². The number of furan rings is 2. The Morgan fingerprint density at radius 2 is 0.962 bits per heavy atom. The number of aromatic nitrogens is 3. The molecule has 0 spiro atoms. The summed E-state index contributed by atoms with van der Waals surface area (Å²) in [5, 5.41) is 9.03. The van der Waals surface area contributed by atoms with Crippen LogP contribution < -0.4 is 0 Å². The minimum absolute atomic E-state index is 0.590. The van der Waals surface area contributed by atoms with Crippen LogP contribution >= 0.6 is 0 Å². The van der Waals surface area contributed by atoms with Crippen molar-refractivity contribution in [3.05, 3.63) is 163 Å². The lowest BCUT2D eigenvalue weighted by molar-refractivity contribution is 0.668. The van der Waals surface area contributed by atoms with E-state index in [1.54, 1.807) is 0 Å². The molecule has 52 heavy (non-hydrogen) atoms. The molecule has 5 heteroatoms. The monoisotopic (exact) mass is 667 g/mol. The molecule has 244 valence electrons. The van der Waals surface area contributed by atoms with Crippen LogP contribution in [0.2, 0.25) is 0 Å². The number of allylic oxidation sites excluding steroid dienone is 4. The summed E-state index contributed by atoms with van der Waals surface area (Å²) < 4.78 is 12.7. The zero-order chi connectivity index (χ0) is 34.2. The molecule has 1 aliphatic rings. The first kappa shape index (κ1) is 28.9. The Kier molecular flexibility index (Phi) is 6.31. The zero-order valence-corrected chi connectivity index (χ0v) is 28.0. The summed E-state index contributed by atoms with van der Waals surface area (Å²) in [6.07, 6.45) is 6.04. The van der Waals surface area contributed by atoms with E-state index in [9.17, 15) is 0 Å². The van der Waals surface area contributed by atoms with Crippen LogP contribution in [-0.2, 0) is 0 Å². The van der Waals surface area contributed by atoms with Gasteiger partial charge in [0.15, 0.2) is 17.5 Å². The molecule has 0 radical (unpaired) electrons. The van der Waals surface area contributed by atoms with Gasteiger partial charge in [-0.15, -0.1) is 0 Å². The van der Waals surface area contributed by atoms with E-state index >= 15 is 0 Å². The van der Waals surface area contributed by atoms with Gasteiger partial charge in [0.05, 0.1) is 5.56 Å². The number of nitrogens with zero attached hydrogens (tertiary/aromatic N) is 3. The molecule has 0 fully saturated rings. The summed E-state index contributed by atoms with van der Waals surface area (Å²) in [5.74, 6) is 1.90. The summed E-state index contributed by atoms with van der Waals surface area (Å²) in [5.41, 5.74) is 8.78. The molecule has 7 aromatic carbocycles. The molecule has 0 amide bonds. The van der Waals surface area contributed by atoms with Crippen molar-refractivity contribution in [2.75, 3.05) is 0 Å². The Hall–Kier alpha value is -6.85. The molecule has 0 bridgehead atoms. The van der Waals surface area contributed by atoms with Crippen LogP contribution in [0.25, 0.3) is 99.3 Å². The van der Waals surface area contributed by atoms with Crippen molar-refractivity contribution < 1.29 is 8.83 Å². The van der Waals surface area contributed by atoms with Gasteiger partial charge in [0, 0.05) is 27.1 Å². The molecule has 0 unspecified atom stereocenters. The van der Waals surface area contributed by atoms with Gasteiger partial charge in [-0.25, -0.2) is 15.0 Å². The number of benzene rings is 7. The third-order valence-corrected chi connectivity index (χ3v) is 10.5. The van der Waals surface area contributed by atoms with E-state index in [4.69, 9.17) is 23.8 Å². The Morgan fingerprint density at radius 3 is 1.79 bits per heavy atom. The summed E-state index contributed by atoms with van der Waals surface area (Å²) in [4.78, 5) is 15.7. The third-order valence-electron chi connectivity index (χ3n) is 10.5. The van der Waals surface area contributed by atoms with Gasteiger partial charge in [-0.2, -0.15) is 0 Å². The first-order valence-corrected chi connectivity index (χ1v) is 17.7. The number of para-hydroxylation sites is 3. The lowest BCUT2D eigenvalue weighted by atomic mass is 9.90. The Balaban J connectivity index is 1.12. The largest absolute Gasteiger partial charge is 0.456 e. The zero-order valence-electron chi connectivity index (χ0n) is 28.0. The molecular formula is C47H29N3O2. The number of hydrogen-bond acceptors (Lipinski definition) is 5. The summed E-state index contributed by atoms with van der Waals surface area (Å²) in [6.45, 7) is 0. The van der Waals surface area contributed by atoms with Crippen LogP contribution in [0.5, 0.6) is 0 Å². The highest BCUT2D eigenvalue weighted by atomic mass is 16.3. The maximum absolute atomic E-state index is 6.49. The van der Waals surface area contributed by atoms with E-state index in [0.29, 0.717) is 17.5 Å². The molecule has 5 nitrogen and oxygen atoms in total. The van der Waals surface area contributed by atoms with Gasteiger partial charge in [0.1, 0.15) is 22.3 Å². The standard InChI is InChI=1S/C47H29N3O2/c1-2-12-31-30(11-1)27-39(34-14-4-3-13-33(31)34)47-49-45(48-46(50-47)38-19-9-18-36-35-15-5-7-20-40(35)52-44(36)38)29-25-23-28(24-26-29)32-17-10-22-42-43(32)37-16-6-8-21-41(37)51-42/h1-23,25,27H,24,26H2. The Bertz CT molecular complexity index is 3140. The molecular weight excluding hydrogens is 639 g/mol. The van der Waals surface area contributed by atoms with Crippen molar-refractivity contribution >= 4 is 76.6 Å². The van der Waals surface area contributed by atoms with Gasteiger partial charge in [0.25, 0.3) is 0 Å². The number of hydrogen-bond donors (Lipinski definition) is 0. The molecule has 3 aromatic heterocycles. The fraction of sp³-hybridized carbons (Fsp3) is 0.0426. The summed E-state index contributed by atoms with van der Waals surface area (Å²) >= 11 is 0. The molecule has 11 rings (SSSR count). The summed E-state index contributed by atoms with van der Waals surface area (Å²) in [7, 11) is 0. The topological polar surface area (TPSA) is 65.0 Å². The van der Waals surface area contributed by atoms with Gasteiger partial charge < -0.3 is 8.83 Å². The minimum atomic E-state index is 0.590. The molecule has 10 aromatic rings. The molecule has 1 aliphatic carbocycles. The van der Waals surface area contributed by atoms with E-state index in [0.717, 1.165) is 84.2 Å². The molecule has 0 aliphatic heterocycles. The first-order valence-electron chi connectivity index (χ1n) is 17.7. The second-order valence-corrected chi connectivity index (χ2v) is 13.4. The SMILES string of the molecule is C1=C(c2nc(-c3cc4ccccc4c4ccccc34)nc(-c3cccc4c3oc3ccccc34)n2)CCC(c2cccc3oc4ccccc4c23)=C1. The highest BCUT2D eigenvalue weighted by Crippen LogP contribution is 2.41. The fourth-order valence-electron chi connectivity index (χ4n) is 8.01. The van der Waals surface area contributed by atoms with Crippen molar-refractivity contribution in [1.82, 2.24) is 15.0 Å². The van der Waals surface area contributed by atoms with Gasteiger partial charge >= 0.3 is 0 Å². The minimum Gasteiger partial charge on any atom is -0.456 e. The van der Waals surface area contributed by atoms with E-state index < -0.39 is 0 Å². The van der Waals surface area contributed by atoms with E-state index in [1.165, 1.54) is 21.9 Å². The predicted molar refractivity (Wildman–Crippen MR) is 212 cm³/mol. The van der Waals surface area contributed by atoms with Crippen molar-refractivity contribution in [3.8, 4) is 22.8 Å². The quantitative estimate of drug-likeness (QED) is 0.175. The number of fused-ring (bicyclic) bond motifs is 9. The molecule has 0 saturated heterocycles.